The lowest BCUT2D eigenvalue weighted by molar-refractivity contribution is -0.121. The largest absolute Gasteiger partial charge is 0.486 e. The van der Waals surface area contributed by atoms with Crippen molar-refractivity contribution in [3.05, 3.63) is 24.3 Å². The number of nitrogens with one attached hydrogen (secondary N) is 3. The van der Waals surface area contributed by atoms with Gasteiger partial charge >= 0.3 is 6.03 Å². The van der Waals surface area contributed by atoms with E-state index in [9.17, 15) is 9.59 Å². The fourth-order valence-corrected chi connectivity index (χ4v) is 3.25. The summed E-state index contributed by atoms with van der Waals surface area (Å²) in [5.41, 5.74) is 0. The Kier molecular flexibility index (Phi) is 6.57. The third-order valence-corrected chi connectivity index (χ3v) is 4.67. The molecule has 0 radical (unpaired) electrons. The van der Waals surface area contributed by atoms with Crippen molar-refractivity contribution < 1.29 is 19.1 Å². The molecule has 0 unspecified atom stereocenters. The highest BCUT2D eigenvalue weighted by molar-refractivity contribution is 5.78. The lowest BCUT2D eigenvalue weighted by Crippen LogP contribution is -2.44. The summed E-state index contributed by atoms with van der Waals surface area (Å²) < 4.78 is 11.4. The van der Waals surface area contributed by atoms with E-state index < -0.39 is 0 Å². The Morgan fingerprint density at radius 3 is 2.62 bits per heavy atom. The molecule has 3 amide bonds. The molecule has 142 valence electrons. The number of ether oxygens (including phenoxy) is 2. The number of hydrogen-bond acceptors (Lipinski definition) is 4. The van der Waals surface area contributed by atoms with Crippen molar-refractivity contribution in [1.82, 2.24) is 16.0 Å². The first-order valence-electron chi connectivity index (χ1n) is 9.40. The van der Waals surface area contributed by atoms with Crippen molar-refractivity contribution in [3.63, 3.8) is 0 Å². The van der Waals surface area contributed by atoms with Gasteiger partial charge in [-0.25, -0.2) is 4.79 Å². The third kappa shape index (κ3) is 5.54. The number of benzene rings is 1. The summed E-state index contributed by atoms with van der Waals surface area (Å²) in [5.74, 6) is 1.30. The summed E-state index contributed by atoms with van der Waals surface area (Å²) in [7, 11) is 0. The van der Waals surface area contributed by atoms with Gasteiger partial charge in [-0.05, 0) is 25.0 Å². The van der Waals surface area contributed by atoms with E-state index in [0.717, 1.165) is 18.6 Å². The number of carbonyl (C=O) groups excluding carboxylic acids is 2. The molecule has 0 bridgehead atoms. The molecule has 0 saturated heterocycles. The number of amides is 3. The molecule has 1 aliphatic carbocycles. The average Bonchev–Trinajstić information content (AvgIpc) is 2.67. The van der Waals surface area contributed by atoms with E-state index in [-0.39, 0.29) is 30.5 Å². The number of para-hydroxylation sites is 2. The molecular formula is C19H27N3O4. The van der Waals surface area contributed by atoms with Gasteiger partial charge in [0, 0.05) is 19.0 Å². The molecular weight excluding hydrogens is 334 g/mol. The summed E-state index contributed by atoms with van der Waals surface area (Å²) in [4.78, 5) is 23.7. The summed E-state index contributed by atoms with van der Waals surface area (Å²) in [6.45, 7) is 1.09. The van der Waals surface area contributed by atoms with Crippen LogP contribution in [0.15, 0.2) is 24.3 Å². The maximum absolute atomic E-state index is 11.9. The van der Waals surface area contributed by atoms with Gasteiger partial charge in [-0.1, -0.05) is 31.4 Å². The first-order valence-corrected chi connectivity index (χ1v) is 9.40. The SMILES string of the molecule is O=C(CCNC(=O)NC1CCCCC1)NC[C@H]1COc2ccccc2O1. The lowest BCUT2D eigenvalue weighted by atomic mass is 9.96. The Hall–Kier alpha value is -2.44. The van der Waals surface area contributed by atoms with E-state index in [0.29, 0.717) is 25.4 Å². The topological polar surface area (TPSA) is 88.7 Å². The number of carbonyl (C=O) groups is 2. The van der Waals surface area contributed by atoms with Crippen molar-refractivity contribution in [3.8, 4) is 11.5 Å². The summed E-state index contributed by atoms with van der Waals surface area (Å²) in [6.07, 6.45) is 5.71. The summed E-state index contributed by atoms with van der Waals surface area (Å²) >= 11 is 0. The Labute approximate surface area is 153 Å². The van der Waals surface area contributed by atoms with E-state index in [4.69, 9.17) is 9.47 Å². The minimum atomic E-state index is -0.212. The molecule has 2 aliphatic rings. The van der Waals surface area contributed by atoms with E-state index in [1.165, 1.54) is 19.3 Å². The van der Waals surface area contributed by atoms with Crippen LogP contribution in [0.5, 0.6) is 11.5 Å². The molecule has 1 aliphatic heterocycles. The fraction of sp³-hybridized carbons (Fsp3) is 0.579. The zero-order valence-corrected chi connectivity index (χ0v) is 15.0. The Balaban J connectivity index is 1.28. The van der Waals surface area contributed by atoms with Gasteiger partial charge < -0.3 is 25.4 Å². The quantitative estimate of drug-likeness (QED) is 0.723. The van der Waals surface area contributed by atoms with Gasteiger partial charge in [-0.2, -0.15) is 0 Å². The first-order chi connectivity index (χ1) is 12.7. The van der Waals surface area contributed by atoms with Crippen LogP contribution in [0.25, 0.3) is 0 Å². The first kappa shape index (κ1) is 18.4. The van der Waals surface area contributed by atoms with Crippen LogP contribution < -0.4 is 25.4 Å². The van der Waals surface area contributed by atoms with E-state index in [1.54, 1.807) is 0 Å². The predicted octanol–water partition coefficient (Wildman–Crippen LogP) is 1.96. The monoisotopic (exact) mass is 361 g/mol. The van der Waals surface area contributed by atoms with Crippen LogP contribution in [0.4, 0.5) is 4.79 Å². The second kappa shape index (κ2) is 9.31. The zero-order chi connectivity index (χ0) is 18.2. The number of rotatable bonds is 6. The molecule has 26 heavy (non-hydrogen) atoms. The standard InChI is InChI=1S/C19H27N3O4/c23-18(10-11-20-19(24)22-14-6-2-1-3-7-14)21-12-15-13-25-16-8-4-5-9-17(16)26-15/h4-5,8-9,14-15H,1-3,6-7,10-13H2,(H,21,23)(H2,20,22,24)/t15-/m0/s1. The molecule has 3 rings (SSSR count). The Morgan fingerprint density at radius 1 is 1.04 bits per heavy atom. The number of urea groups is 1. The Bertz CT molecular complexity index is 617. The highest BCUT2D eigenvalue weighted by Crippen LogP contribution is 2.30. The molecule has 1 fully saturated rings. The van der Waals surface area contributed by atoms with Gasteiger partial charge in [-0.3, -0.25) is 4.79 Å². The Morgan fingerprint density at radius 2 is 1.81 bits per heavy atom. The van der Waals surface area contributed by atoms with Crippen LogP contribution in [-0.2, 0) is 4.79 Å². The molecule has 7 nitrogen and oxygen atoms in total. The number of hydrogen-bond donors (Lipinski definition) is 3. The highest BCUT2D eigenvalue weighted by atomic mass is 16.6. The number of fused-ring (bicyclic) bond motifs is 1. The molecule has 1 saturated carbocycles. The van der Waals surface area contributed by atoms with Crippen molar-refractivity contribution in [1.29, 1.82) is 0 Å². The van der Waals surface area contributed by atoms with Crippen molar-refractivity contribution in [2.45, 2.75) is 50.7 Å². The molecule has 3 N–H and O–H groups in total. The van der Waals surface area contributed by atoms with E-state index in [1.807, 2.05) is 24.3 Å². The van der Waals surface area contributed by atoms with E-state index in [2.05, 4.69) is 16.0 Å². The lowest BCUT2D eigenvalue weighted by Gasteiger charge is -2.26. The van der Waals surface area contributed by atoms with Crippen LogP contribution in [0.3, 0.4) is 0 Å². The maximum Gasteiger partial charge on any atom is 0.315 e. The summed E-state index contributed by atoms with van der Waals surface area (Å²) in [5, 5.41) is 8.54. The highest BCUT2D eigenvalue weighted by Gasteiger charge is 2.21. The van der Waals surface area contributed by atoms with Crippen molar-refractivity contribution in [2.24, 2.45) is 0 Å². The molecule has 7 heteroatoms. The second-order valence-corrected chi connectivity index (χ2v) is 6.79. The van der Waals surface area contributed by atoms with E-state index >= 15 is 0 Å². The normalized spacial score (nSPS) is 19.5. The van der Waals surface area contributed by atoms with Gasteiger partial charge in [0.2, 0.25) is 5.91 Å². The predicted molar refractivity (Wildman–Crippen MR) is 97.4 cm³/mol. The fourth-order valence-electron chi connectivity index (χ4n) is 3.25. The van der Waals surface area contributed by atoms with Crippen LogP contribution in [-0.4, -0.2) is 43.8 Å². The van der Waals surface area contributed by atoms with Crippen molar-refractivity contribution >= 4 is 11.9 Å². The minimum absolute atomic E-state index is 0.120. The smallest absolute Gasteiger partial charge is 0.315 e. The van der Waals surface area contributed by atoms with Crippen molar-refractivity contribution in [2.75, 3.05) is 19.7 Å². The zero-order valence-electron chi connectivity index (χ0n) is 15.0. The van der Waals surface area contributed by atoms with Crippen LogP contribution in [0.2, 0.25) is 0 Å². The van der Waals surface area contributed by atoms with Crippen LogP contribution >= 0.6 is 0 Å². The third-order valence-electron chi connectivity index (χ3n) is 4.67. The van der Waals surface area contributed by atoms with Gasteiger partial charge in [0.1, 0.15) is 12.7 Å². The maximum atomic E-state index is 11.9. The molecule has 1 aromatic rings. The van der Waals surface area contributed by atoms with Gasteiger partial charge in [0.25, 0.3) is 0 Å². The van der Waals surface area contributed by atoms with Gasteiger partial charge in [0.15, 0.2) is 11.5 Å². The molecule has 0 aromatic heterocycles. The molecule has 1 atom stereocenters. The summed E-state index contributed by atoms with van der Waals surface area (Å²) in [6, 6.07) is 7.55. The molecule has 0 spiro atoms. The van der Waals surface area contributed by atoms with Gasteiger partial charge in [0.05, 0.1) is 6.54 Å². The molecule has 1 aromatic carbocycles. The van der Waals surface area contributed by atoms with Crippen LogP contribution in [0, 0.1) is 0 Å². The second-order valence-electron chi connectivity index (χ2n) is 6.79. The average molecular weight is 361 g/mol. The van der Waals surface area contributed by atoms with Gasteiger partial charge in [-0.15, -0.1) is 0 Å². The minimum Gasteiger partial charge on any atom is -0.486 e. The van der Waals surface area contributed by atoms with Crippen LogP contribution in [0.1, 0.15) is 38.5 Å². The molecule has 1 heterocycles.